The number of aromatic nitrogens is 2. The molecule has 3 fully saturated rings. The zero-order valence-corrected chi connectivity index (χ0v) is 21.0. The van der Waals surface area contributed by atoms with Crippen molar-refractivity contribution in [2.45, 2.75) is 82.8 Å². The number of alkyl halides is 2. The SMILES string of the molecule is Cc1cc(N2[C@@H]3CC[C@H]2CC(OCc2c(-c4ccccc4OC(F)F)noc2C2CC2)C3)ncc1C(=O)O. The summed E-state index contributed by atoms with van der Waals surface area (Å²) in [6, 6.07) is 8.99. The van der Waals surface area contributed by atoms with Crippen LogP contribution in [0.4, 0.5) is 14.6 Å². The number of ether oxygens (including phenoxy) is 2. The second kappa shape index (κ2) is 9.98. The van der Waals surface area contributed by atoms with E-state index in [4.69, 9.17) is 14.0 Å². The maximum absolute atomic E-state index is 13.0. The van der Waals surface area contributed by atoms with Crippen molar-refractivity contribution in [3.8, 4) is 17.0 Å². The van der Waals surface area contributed by atoms with Crippen molar-refractivity contribution in [2.75, 3.05) is 4.90 Å². The van der Waals surface area contributed by atoms with Gasteiger partial charge >= 0.3 is 12.6 Å². The van der Waals surface area contributed by atoms with E-state index < -0.39 is 12.6 Å². The van der Waals surface area contributed by atoms with Crippen LogP contribution < -0.4 is 9.64 Å². The van der Waals surface area contributed by atoms with E-state index in [0.29, 0.717) is 16.8 Å². The van der Waals surface area contributed by atoms with Crippen LogP contribution in [0.15, 0.2) is 41.1 Å². The number of nitrogens with zero attached hydrogens (tertiary/aromatic N) is 3. The first kappa shape index (κ1) is 24.8. The number of piperidine rings is 1. The molecule has 6 rings (SSSR count). The summed E-state index contributed by atoms with van der Waals surface area (Å²) in [6.45, 7) is -0.863. The Bertz CT molecular complexity index is 1330. The lowest BCUT2D eigenvalue weighted by Gasteiger charge is -2.39. The summed E-state index contributed by atoms with van der Waals surface area (Å²) in [7, 11) is 0. The highest BCUT2D eigenvalue weighted by Gasteiger charge is 2.42. The van der Waals surface area contributed by atoms with E-state index in [1.807, 2.05) is 6.07 Å². The van der Waals surface area contributed by atoms with Gasteiger partial charge in [0.25, 0.3) is 0 Å². The molecule has 0 amide bonds. The van der Waals surface area contributed by atoms with Gasteiger partial charge in [-0.05, 0) is 69.2 Å². The van der Waals surface area contributed by atoms with Gasteiger partial charge in [0.05, 0.1) is 18.3 Å². The molecule has 1 N–H and O–H groups in total. The van der Waals surface area contributed by atoms with Crippen molar-refractivity contribution >= 4 is 11.8 Å². The number of rotatable bonds is 9. The fourth-order valence-electron chi connectivity index (χ4n) is 5.95. The number of hydrogen-bond acceptors (Lipinski definition) is 7. The van der Waals surface area contributed by atoms with Gasteiger partial charge in [0.1, 0.15) is 23.0 Å². The van der Waals surface area contributed by atoms with Crippen molar-refractivity contribution in [1.29, 1.82) is 0 Å². The maximum Gasteiger partial charge on any atom is 0.387 e. The highest BCUT2D eigenvalue weighted by atomic mass is 19.3. The van der Waals surface area contributed by atoms with Crippen LogP contribution in [0.1, 0.15) is 71.7 Å². The Hall–Kier alpha value is -3.53. The number of hydrogen-bond donors (Lipinski definition) is 1. The number of anilines is 1. The molecule has 200 valence electrons. The van der Waals surface area contributed by atoms with E-state index in [0.717, 1.165) is 55.7 Å². The lowest BCUT2D eigenvalue weighted by Crippen LogP contribution is -2.46. The van der Waals surface area contributed by atoms with Gasteiger partial charge in [0.15, 0.2) is 0 Å². The highest BCUT2D eigenvalue weighted by molar-refractivity contribution is 5.89. The molecule has 8 nitrogen and oxygen atoms in total. The largest absolute Gasteiger partial charge is 0.478 e. The standard InChI is InChI=1S/C28H29F2N3O5/c1-15-10-24(31-13-21(15)27(34)35)33-17-8-9-18(33)12-19(11-17)36-14-22-25(32-38-26(22)16-6-7-16)20-4-2-3-5-23(20)37-28(29)30/h2-5,10,13,16-19,28H,6-9,11-12,14H2,1H3,(H,34,35)/t17-,18+,19?. The van der Waals surface area contributed by atoms with E-state index in [2.05, 4.69) is 15.0 Å². The highest BCUT2D eigenvalue weighted by Crippen LogP contribution is 2.46. The van der Waals surface area contributed by atoms with Crippen LogP contribution in [0.25, 0.3) is 11.3 Å². The van der Waals surface area contributed by atoms with Gasteiger partial charge in [-0.1, -0.05) is 17.3 Å². The number of aryl methyl sites for hydroxylation is 1. The smallest absolute Gasteiger partial charge is 0.387 e. The zero-order chi connectivity index (χ0) is 26.4. The first-order valence-corrected chi connectivity index (χ1v) is 13.0. The molecule has 2 aromatic heterocycles. The minimum atomic E-state index is -2.94. The fourth-order valence-corrected chi connectivity index (χ4v) is 5.95. The number of halogens is 2. The van der Waals surface area contributed by atoms with Crippen LogP contribution >= 0.6 is 0 Å². The Kier molecular flexibility index (Phi) is 6.51. The molecular weight excluding hydrogens is 496 g/mol. The third kappa shape index (κ3) is 4.73. The first-order valence-electron chi connectivity index (χ1n) is 13.0. The van der Waals surface area contributed by atoms with E-state index in [1.54, 1.807) is 25.1 Å². The number of para-hydroxylation sites is 1. The quantitative estimate of drug-likeness (QED) is 0.367. The van der Waals surface area contributed by atoms with Crippen LogP contribution in [-0.2, 0) is 11.3 Å². The van der Waals surface area contributed by atoms with Crippen molar-refractivity contribution in [1.82, 2.24) is 10.1 Å². The number of pyridine rings is 1. The molecular formula is C28H29F2N3O5. The van der Waals surface area contributed by atoms with Gasteiger partial charge < -0.3 is 24.0 Å². The number of carboxylic acids is 1. The minimum absolute atomic E-state index is 0.0190. The predicted molar refractivity (Wildman–Crippen MR) is 134 cm³/mol. The summed E-state index contributed by atoms with van der Waals surface area (Å²) in [5.74, 6) is 0.942. The minimum Gasteiger partial charge on any atom is -0.478 e. The second-order valence-corrected chi connectivity index (χ2v) is 10.4. The van der Waals surface area contributed by atoms with Crippen molar-refractivity contribution < 1.29 is 32.7 Å². The molecule has 3 aliphatic rings. The Labute approximate surface area is 218 Å². The van der Waals surface area contributed by atoms with Crippen LogP contribution in [0, 0.1) is 6.92 Å². The molecule has 2 bridgehead atoms. The zero-order valence-electron chi connectivity index (χ0n) is 21.0. The summed E-state index contributed by atoms with van der Waals surface area (Å²) < 4.78 is 43.0. The summed E-state index contributed by atoms with van der Waals surface area (Å²) in [5.41, 5.74) is 2.67. The Morgan fingerprint density at radius 2 is 1.92 bits per heavy atom. The second-order valence-electron chi connectivity index (χ2n) is 10.4. The van der Waals surface area contributed by atoms with Gasteiger partial charge in [0, 0.05) is 35.3 Å². The topological polar surface area (TPSA) is 97.9 Å². The normalized spacial score (nSPS) is 22.7. The van der Waals surface area contributed by atoms with Crippen LogP contribution in [0.2, 0.25) is 0 Å². The summed E-state index contributed by atoms with van der Waals surface area (Å²) in [4.78, 5) is 18.2. The molecule has 2 aliphatic heterocycles. The molecule has 1 aliphatic carbocycles. The number of fused-ring (bicyclic) bond motifs is 2. The molecule has 3 aromatic rings. The van der Waals surface area contributed by atoms with Crippen LogP contribution in [0.3, 0.4) is 0 Å². The molecule has 1 saturated carbocycles. The van der Waals surface area contributed by atoms with Gasteiger partial charge in [-0.25, -0.2) is 9.78 Å². The van der Waals surface area contributed by atoms with Gasteiger partial charge in [-0.3, -0.25) is 0 Å². The molecule has 38 heavy (non-hydrogen) atoms. The van der Waals surface area contributed by atoms with E-state index >= 15 is 0 Å². The molecule has 3 atom stereocenters. The van der Waals surface area contributed by atoms with E-state index in [9.17, 15) is 18.7 Å². The van der Waals surface area contributed by atoms with Crippen molar-refractivity contribution in [3.63, 3.8) is 0 Å². The third-order valence-corrected chi connectivity index (χ3v) is 7.87. The molecule has 1 unspecified atom stereocenters. The number of benzene rings is 1. The van der Waals surface area contributed by atoms with Gasteiger partial charge in [-0.15, -0.1) is 0 Å². The molecule has 0 spiro atoms. The summed E-state index contributed by atoms with van der Waals surface area (Å²) in [5, 5.41) is 13.6. The van der Waals surface area contributed by atoms with E-state index in [-0.39, 0.29) is 42.0 Å². The van der Waals surface area contributed by atoms with Crippen LogP contribution in [-0.4, -0.2) is 46.0 Å². The monoisotopic (exact) mass is 525 g/mol. The van der Waals surface area contributed by atoms with E-state index in [1.165, 1.54) is 12.3 Å². The molecule has 0 radical (unpaired) electrons. The first-order chi connectivity index (χ1) is 18.4. The van der Waals surface area contributed by atoms with Crippen molar-refractivity contribution in [2.24, 2.45) is 0 Å². The maximum atomic E-state index is 13.0. The Balaban J connectivity index is 1.19. The Morgan fingerprint density at radius 3 is 2.58 bits per heavy atom. The summed E-state index contributed by atoms with van der Waals surface area (Å²) in [6.07, 6.45) is 7.17. The fraction of sp³-hybridized carbons (Fsp3) is 0.464. The lowest BCUT2D eigenvalue weighted by atomic mass is 9.98. The summed E-state index contributed by atoms with van der Waals surface area (Å²) >= 11 is 0. The number of carbonyl (C=O) groups is 1. The number of carboxylic acid groups (broad SMARTS) is 1. The molecule has 10 heteroatoms. The number of aromatic carboxylic acids is 1. The third-order valence-electron chi connectivity index (χ3n) is 7.87. The molecule has 1 aromatic carbocycles. The van der Waals surface area contributed by atoms with Crippen molar-refractivity contribution in [3.05, 3.63) is 59.0 Å². The molecule has 4 heterocycles. The lowest BCUT2D eigenvalue weighted by molar-refractivity contribution is -0.0494. The Morgan fingerprint density at radius 1 is 1.18 bits per heavy atom. The van der Waals surface area contributed by atoms with Gasteiger partial charge in [0.2, 0.25) is 0 Å². The average molecular weight is 526 g/mol. The molecule has 2 saturated heterocycles. The predicted octanol–water partition coefficient (Wildman–Crippen LogP) is 5.94. The average Bonchev–Trinajstić information content (AvgIpc) is 3.58. The van der Waals surface area contributed by atoms with Gasteiger partial charge in [-0.2, -0.15) is 8.78 Å². The van der Waals surface area contributed by atoms with Crippen LogP contribution in [0.5, 0.6) is 5.75 Å².